The van der Waals surface area contributed by atoms with Crippen LogP contribution in [0.4, 0.5) is 5.69 Å². The molecule has 1 aliphatic heterocycles. The van der Waals surface area contributed by atoms with Crippen LogP contribution < -0.4 is 4.72 Å². The third-order valence-corrected chi connectivity index (χ3v) is 7.53. The van der Waals surface area contributed by atoms with Crippen molar-refractivity contribution in [1.82, 2.24) is 9.62 Å². The maximum absolute atomic E-state index is 12.8. The largest absolute Gasteiger partial charge is 0.291 e. The van der Waals surface area contributed by atoms with Crippen LogP contribution in [0.15, 0.2) is 70.6 Å². The Morgan fingerprint density at radius 3 is 2.47 bits per heavy atom. The van der Waals surface area contributed by atoms with E-state index in [0.29, 0.717) is 6.54 Å². The molecule has 0 radical (unpaired) electrons. The average Bonchev–Trinajstić information content (AvgIpc) is 2.72. The van der Waals surface area contributed by atoms with Crippen molar-refractivity contribution in [2.24, 2.45) is 0 Å². The Hall–Kier alpha value is -2.07. The van der Waals surface area contributed by atoms with Gasteiger partial charge in [0.15, 0.2) is 4.90 Å². The molecule has 160 valence electrons. The number of likely N-dealkylation sites (tertiary alicyclic amines) is 1. The summed E-state index contributed by atoms with van der Waals surface area (Å²) in [6.45, 7) is 6.73. The minimum Gasteiger partial charge on any atom is -0.291 e. The zero-order valence-electron chi connectivity index (χ0n) is 16.6. The van der Waals surface area contributed by atoms with Crippen molar-refractivity contribution < 1.29 is 13.3 Å². The van der Waals surface area contributed by atoms with Crippen LogP contribution in [0.2, 0.25) is 0 Å². The van der Waals surface area contributed by atoms with E-state index in [1.54, 1.807) is 0 Å². The quantitative estimate of drug-likeness (QED) is 0.322. The molecule has 0 saturated carbocycles. The molecule has 1 unspecified atom stereocenters. The van der Waals surface area contributed by atoms with E-state index in [-0.39, 0.29) is 29.4 Å². The molecule has 2 aromatic rings. The van der Waals surface area contributed by atoms with Gasteiger partial charge in [0.05, 0.1) is 4.92 Å². The fourth-order valence-electron chi connectivity index (χ4n) is 4.20. The first-order valence-electron chi connectivity index (χ1n) is 9.65. The first-order chi connectivity index (χ1) is 14.3. The predicted octanol–water partition coefficient (Wildman–Crippen LogP) is 4.07. The van der Waals surface area contributed by atoms with E-state index in [1.165, 1.54) is 24.3 Å². The molecule has 7 nitrogen and oxygen atoms in total. The van der Waals surface area contributed by atoms with Gasteiger partial charge in [-0.3, -0.25) is 15.0 Å². The summed E-state index contributed by atoms with van der Waals surface area (Å²) in [6, 6.07) is 13.6. The fourth-order valence-corrected chi connectivity index (χ4v) is 5.69. The van der Waals surface area contributed by atoms with Gasteiger partial charge in [-0.05, 0) is 30.2 Å². The number of benzene rings is 2. The summed E-state index contributed by atoms with van der Waals surface area (Å²) in [7, 11) is -4.03. The van der Waals surface area contributed by atoms with Gasteiger partial charge in [0.25, 0.3) is 5.69 Å². The van der Waals surface area contributed by atoms with E-state index in [0.717, 1.165) is 16.5 Å². The highest BCUT2D eigenvalue weighted by atomic mass is 79.9. The van der Waals surface area contributed by atoms with E-state index in [2.05, 4.69) is 39.1 Å². The number of rotatable bonds is 9. The lowest BCUT2D eigenvalue weighted by atomic mass is 9.74. The number of sulfonamides is 1. The van der Waals surface area contributed by atoms with E-state index in [9.17, 15) is 18.5 Å². The lowest BCUT2D eigenvalue weighted by Crippen LogP contribution is -2.65. The minimum absolute atomic E-state index is 0.0772. The molecule has 30 heavy (non-hydrogen) atoms. The van der Waals surface area contributed by atoms with Crippen molar-refractivity contribution in [3.05, 3.63) is 81.3 Å². The Morgan fingerprint density at radius 1 is 1.20 bits per heavy atom. The Kier molecular flexibility index (Phi) is 7.07. The summed E-state index contributed by atoms with van der Waals surface area (Å²) in [5.74, 6) is 0.150. The predicted molar refractivity (Wildman–Crippen MR) is 120 cm³/mol. The van der Waals surface area contributed by atoms with Crippen LogP contribution in [0.25, 0.3) is 0 Å². The van der Waals surface area contributed by atoms with E-state index in [1.807, 2.05) is 30.3 Å². The number of hydrogen-bond donors (Lipinski definition) is 1. The molecule has 0 spiro atoms. The van der Waals surface area contributed by atoms with E-state index in [4.69, 9.17) is 0 Å². The summed E-state index contributed by atoms with van der Waals surface area (Å²) in [5.41, 5.74) is 0.706. The number of halogens is 1. The molecular formula is C21H24BrN3O4S. The van der Waals surface area contributed by atoms with Gasteiger partial charge in [0.2, 0.25) is 10.0 Å². The first kappa shape index (κ1) is 22.6. The van der Waals surface area contributed by atoms with Crippen LogP contribution in [-0.4, -0.2) is 43.4 Å². The van der Waals surface area contributed by atoms with Gasteiger partial charge in [0.1, 0.15) is 0 Å². The van der Waals surface area contributed by atoms with Gasteiger partial charge in [-0.2, -0.15) is 0 Å². The normalized spacial score (nSPS) is 21.7. The zero-order chi connectivity index (χ0) is 21.9. The average molecular weight is 494 g/mol. The molecule has 3 rings (SSSR count). The Bertz CT molecular complexity index is 1030. The molecule has 1 N–H and O–H groups in total. The highest BCUT2D eigenvalue weighted by molar-refractivity contribution is 9.10. The lowest BCUT2D eigenvalue weighted by molar-refractivity contribution is -0.387. The van der Waals surface area contributed by atoms with Crippen LogP contribution in [-0.2, 0) is 10.0 Å². The van der Waals surface area contributed by atoms with Crippen molar-refractivity contribution in [1.29, 1.82) is 0 Å². The molecule has 0 aliphatic carbocycles. The smallest absolute Gasteiger partial charge is 0.289 e. The standard InChI is InChI=1S/C21H24BrN3O4S/c1-3-13-24-17(4-2)21(15-9-11-16(22)12-10-15)19(24)14-23-30(28,29)20-8-6-5-7-18(20)25(26)27/h3,5-12,17,19,21,23H,1,4,13-14H2,2H3/t17-,19?,21+/m1/s1. The summed E-state index contributed by atoms with van der Waals surface area (Å²) in [6.07, 6.45) is 2.73. The summed E-state index contributed by atoms with van der Waals surface area (Å²) < 4.78 is 29.3. The molecule has 0 aromatic heterocycles. The maximum Gasteiger partial charge on any atom is 0.289 e. The van der Waals surface area contributed by atoms with Gasteiger partial charge in [-0.15, -0.1) is 6.58 Å². The Morgan fingerprint density at radius 2 is 1.87 bits per heavy atom. The van der Waals surface area contributed by atoms with Crippen molar-refractivity contribution in [2.45, 2.75) is 36.2 Å². The highest BCUT2D eigenvalue weighted by Crippen LogP contribution is 2.42. The van der Waals surface area contributed by atoms with Gasteiger partial charge in [-0.25, -0.2) is 13.1 Å². The zero-order valence-corrected chi connectivity index (χ0v) is 19.0. The molecule has 1 aliphatic rings. The van der Waals surface area contributed by atoms with E-state index < -0.39 is 20.6 Å². The Labute approximate surface area is 185 Å². The molecule has 1 saturated heterocycles. The third kappa shape index (κ3) is 4.49. The molecule has 1 fully saturated rings. The maximum atomic E-state index is 12.8. The highest BCUT2D eigenvalue weighted by Gasteiger charge is 2.47. The van der Waals surface area contributed by atoms with Crippen molar-refractivity contribution >= 4 is 31.6 Å². The number of para-hydroxylation sites is 1. The second-order valence-electron chi connectivity index (χ2n) is 7.18. The number of nitro benzene ring substituents is 1. The minimum atomic E-state index is -4.03. The van der Waals surface area contributed by atoms with Crippen LogP contribution in [0.3, 0.4) is 0 Å². The number of nitro groups is 1. The Balaban J connectivity index is 1.86. The molecule has 0 amide bonds. The molecule has 1 heterocycles. The van der Waals surface area contributed by atoms with Gasteiger partial charge >= 0.3 is 0 Å². The molecule has 9 heteroatoms. The van der Waals surface area contributed by atoms with Gasteiger partial charge < -0.3 is 0 Å². The van der Waals surface area contributed by atoms with Crippen LogP contribution in [0.1, 0.15) is 24.8 Å². The topological polar surface area (TPSA) is 92.6 Å². The molecule has 2 aromatic carbocycles. The molecule has 3 atom stereocenters. The molecule has 0 bridgehead atoms. The van der Waals surface area contributed by atoms with Crippen molar-refractivity contribution in [2.75, 3.05) is 13.1 Å². The lowest BCUT2D eigenvalue weighted by Gasteiger charge is -2.55. The van der Waals surface area contributed by atoms with Crippen LogP contribution in [0, 0.1) is 10.1 Å². The summed E-state index contributed by atoms with van der Waals surface area (Å²) in [4.78, 5) is 12.5. The number of hydrogen-bond acceptors (Lipinski definition) is 5. The SMILES string of the molecule is C=CCN1C(CNS(=O)(=O)c2ccccc2[N+](=O)[O-])[C@@H](c2ccc(Br)cc2)[C@H]1CC. The van der Waals surface area contributed by atoms with Gasteiger partial charge in [0, 0.05) is 41.6 Å². The van der Waals surface area contributed by atoms with Gasteiger partial charge in [-0.1, -0.05) is 53.2 Å². The van der Waals surface area contributed by atoms with Crippen molar-refractivity contribution in [3.63, 3.8) is 0 Å². The van der Waals surface area contributed by atoms with Crippen LogP contribution in [0.5, 0.6) is 0 Å². The number of nitrogens with one attached hydrogen (secondary N) is 1. The second-order valence-corrected chi connectivity index (χ2v) is 9.83. The molecular weight excluding hydrogens is 470 g/mol. The van der Waals surface area contributed by atoms with Crippen LogP contribution >= 0.6 is 15.9 Å². The number of nitrogens with zero attached hydrogens (tertiary/aromatic N) is 2. The summed E-state index contributed by atoms with van der Waals surface area (Å²) in [5, 5.41) is 11.2. The fraction of sp³-hybridized carbons (Fsp3) is 0.333. The third-order valence-electron chi connectivity index (χ3n) is 5.53. The monoisotopic (exact) mass is 493 g/mol. The van der Waals surface area contributed by atoms with E-state index >= 15 is 0 Å². The second kappa shape index (κ2) is 9.38. The first-order valence-corrected chi connectivity index (χ1v) is 11.9. The van der Waals surface area contributed by atoms with Crippen molar-refractivity contribution in [3.8, 4) is 0 Å². The summed E-state index contributed by atoms with van der Waals surface area (Å²) >= 11 is 3.45.